The zero-order valence-electron chi connectivity index (χ0n) is 9.86. The molecular weight excluding hydrogens is 360 g/mol. The van der Waals surface area contributed by atoms with E-state index >= 15 is 0 Å². The minimum Gasteiger partial charge on any atom is -0.478 e. The molecule has 2 aromatic carbocycles. The van der Waals surface area contributed by atoms with E-state index < -0.39 is 11.8 Å². The van der Waals surface area contributed by atoms with Crippen LogP contribution in [-0.4, -0.2) is 11.1 Å². The summed E-state index contributed by atoms with van der Waals surface area (Å²) in [5, 5.41) is 11.9. The molecule has 0 aliphatic heterocycles. The highest BCUT2D eigenvalue weighted by molar-refractivity contribution is 14.1. The smallest absolute Gasteiger partial charge is 0.338 e. The summed E-state index contributed by atoms with van der Waals surface area (Å²) in [4.78, 5) is 10.7. The molecule has 5 heteroatoms. The molecule has 2 rings (SSSR count). The highest BCUT2D eigenvalue weighted by Crippen LogP contribution is 2.15. The molecule has 2 N–H and O–H groups in total. The van der Waals surface area contributed by atoms with Gasteiger partial charge in [0.05, 0.1) is 5.56 Å². The zero-order valence-corrected chi connectivity index (χ0v) is 12.0. The van der Waals surface area contributed by atoms with E-state index in [1.165, 1.54) is 12.1 Å². The lowest BCUT2D eigenvalue weighted by molar-refractivity contribution is 0.0692. The van der Waals surface area contributed by atoms with Crippen molar-refractivity contribution >= 4 is 34.2 Å². The molecule has 3 nitrogen and oxygen atoms in total. The van der Waals surface area contributed by atoms with Gasteiger partial charge in [-0.15, -0.1) is 0 Å². The van der Waals surface area contributed by atoms with Crippen LogP contribution in [0.3, 0.4) is 0 Å². The number of hydrogen-bond donors (Lipinski definition) is 2. The third-order valence-electron chi connectivity index (χ3n) is 2.59. The Morgan fingerprint density at radius 3 is 2.68 bits per heavy atom. The van der Waals surface area contributed by atoms with Crippen LogP contribution in [0.4, 0.5) is 10.1 Å². The first-order valence-electron chi connectivity index (χ1n) is 5.57. The van der Waals surface area contributed by atoms with Crippen molar-refractivity contribution in [3.8, 4) is 0 Å². The van der Waals surface area contributed by atoms with E-state index in [-0.39, 0.29) is 5.56 Å². The van der Waals surface area contributed by atoms with Gasteiger partial charge in [0.25, 0.3) is 0 Å². The summed E-state index contributed by atoms with van der Waals surface area (Å²) in [6.07, 6.45) is 0. The summed E-state index contributed by atoms with van der Waals surface area (Å²) in [5.41, 5.74) is 1.33. The van der Waals surface area contributed by atoms with Gasteiger partial charge in [-0.3, -0.25) is 0 Å². The van der Waals surface area contributed by atoms with Crippen LogP contribution >= 0.6 is 22.6 Å². The quantitative estimate of drug-likeness (QED) is 0.806. The SMILES string of the molecule is O=C(O)c1ccc(CNc2cccc(I)c2)cc1F. The molecule has 0 heterocycles. The molecule has 0 saturated carbocycles. The Hall–Kier alpha value is -1.63. The Bertz CT molecular complexity index is 616. The fourth-order valence-corrected chi connectivity index (χ4v) is 2.19. The van der Waals surface area contributed by atoms with Crippen LogP contribution in [0, 0.1) is 9.39 Å². The molecule has 19 heavy (non-hydrogen) atoms. The molecule has 98 valence electrons. The Balaban J connectivity index is 2.08. The first kappa shape index (κ1) is 13.8. The molecule has 0 saturated heterocycles. The van der Waals surface area contributed by atoms with E-state index in [0.29, 0.717) is 12.1 Å². The molecule has 0 aromatic heterocycles. The minimum atomic E-state index is -1.25. The lowest BCUT2D eigenvalue weighted by atomic mass is 10.1. The van der Waals surface area contributed by atoms with Crippen LogP contribution < -0.4 is 5.32 Å². The minimum absolute atomic E-state index is 0.307. The summed E-state index contributed by atoms with van der Waals surface area (Å²) < 4.78 is 14.6. The number of halogens is 2. The van der Waals surface area contributed by atoms with Gasteiger partial charge in [0, 0.05) is 15.8 Å². The predicted octanol–water partition coefficient (Wildman–Crippen LogP) is 3.74. The molecule has 0 spiro atoms. The van der Waals surface area contributed by atoms with Crippen LogP contribution in [0.25, 0.3) is 0 Å². The van der Waals surface area contributed by atoms with E-state index in [9.17, 15) is 9.18 Å². The van der Waals surface area contributed by atoms with E-state index in [2.05, 4.69) is 27.9 Å². The second-order valence-electron chi connectivity index (χ2n) is 3.98. The molecule has 0 aliphatic rings. The Morgan fingerprint density at radius 1 is 1.26 bits per heavy atom. The first-order valence-corrected chi connectivity index (χ1v) is 6.65. The number of hydrogen-bond acceptors (Lipinski definition) is 2. The van der Waals surface area contributed by atoms with E-state index in [4.69, 9.17) is 5.11 Å². The molecule has 0 aliphatic carbocycles. The van der Waals surface area contributed by atoms with Crippen molar-refractivity contribution in [2.45, 2.75) is 6.54 Å². The largest absolute Gasteiger partial charge is 0.478 e. The molecule has 0 radical (unpaired) electrons. The van der Waals surface area contributed by atoms with Crippen LogP contribution in [0.2, 0.25) is 0 Å². The average Bonchev–Trinajstić information content (AvgIpc) is 2.36. The number of aromatic carboxylic acids is 1. The Labute approximate surface area is 123 Å². The zero-order chi connectivity index (χ0) is 13.8. The van der Waals surface area contributed by atoms with Gasteiger partial charge >= 0.3 is 5.97 Å². The monoisotopic (exact) mass is 371 g/mol. The van der Waals surface area contributed by atoms with Crippen molar-refractivity contribution in [2.75, 3.05) is 5.32 Å². The molecule has 0 bridgehead atoms. The lowest BCUT2D eigenvalue weighted by Crippen LogP contribution is -2.04. The van der Waals surface area contributed by atoms with Crippen LogP contribution in [0.1, 0.15) is 15.9 Å². The third-order valence-corrected chi connectivity index (χ3v) is 3.26. The molecule has 2 aromatic rings. The third kappa shape index (κ3) is 3.66. The average molecular weight is 371 g/mol. The molecule has 0 fully saturated rings. The standard InChI is InChI=1S/C14H11FINO2/c15-13-6-9(4-5-12(13)14(18)19)8-17-11-3-1-2-10(16)7-11/h1-7,17H,8H2,(H,18,19). The maximum absolute atomic E-state index is 13.5. The molecular formula is C14H11FINO2. The van der Waals surface area contributed by atoms with Crippen molar-refractivity contribution in [2.24, 2.45) is 0 Å². The van der Waals surface area contributed by atoms with Crippen molar-refractivity contribution in [1.29, 1.82) is 0 Å². The van der Waals surface area contributed by atoms with Gasteiger partial charge in [-0.1, -0.05) is 12.1 Å². The Morgan fingerprint density at radius 2 is 2.05 bits per heavy atom. The maximum atomic E-state index is 13.5. The highest BCUT2D eigenvalue weighted by Gasteiger charge is 2.10. The number of rotatable bonds is 4. The van der Waals surface area contributed by atoms with E-state index in [0.717, 1.165) is 9.26 Å². The number of anilines is 1. The number of benzene rings is 2. The maximum Gasteiger partial charge on any atom is 0.338 e. The van der Waals surface area contributed by atoms with Gasteiger partial charge < -0.3 is 10.4 Å². The predicted molar refractivity (Wildman–Crippen MR) is 79.8 cm³/mol. The normalized spacial score (nSPS) is 10.2. The van der Waals surface area contributed by atoms with Gasteiger partial charge in [0.1, 0.15) is 5.82 Å². The van der Waals surface area contributed by atoms with Gasteiger partial charge in [-0.2, -0.15) is 0 Å². The highest BCUT2D eigenvalue weighted by atomic mass is 127. The first-order chi connectivity index (χ1) is 9.06. The second kappa shape index (κ2) is 6.01. The number of carbonyl (C=O) groups is 1. The summed E-state index contributed by atoms with van der Waals surface area (Å²) in [7, 11) is 0. The topological polar surface area (TPSA) is 49.3 Å². The van der Waals surface area contributed by atoms with Crippen LogP contribution in [0.5, 0.6) is 0 Å². The Kier molecular flexibility index (Phi) is 4.36. The summed E-state index contributed by atoms with van der Waals surface area (Å²) >= 11 is 2.21. The van der Waals surface area contributed by atoms with Crippen LogP contribution in [0.15, 0.2) is 42.5 Å². The molecule has 0 atom stereocenters. The van der Waals surface area contributed by atoms with Gasteiger partial charge in [0.2, 0.25) is 0 Å². The molecule has 0 amide bonds. The van der Waals surface area contributed by atoms with Crippen LogP contribution in [-0.2, 0) is 6.54 Å². The van der Waals surface area contributed by atoms with E-state index in [1.807, 2.05) is 24.3 Å². The second-order valence-corrected chi connectivity index (χ2v) is 5.23. The summed E-state index contributed by atoms with van der Waals surface area (Å²) in [6.45, 7) is 0.441. The fraction of sp³-hybridized carbons (Fsp3) is 0.0714. The van der Waals surface area contributed by atoms with Crippen molar-refractivity contribution in [1.82, 2.24) is 0 Å². The fourth-order valence-electron chi connectivity index (χ4n) is 1.64. The lowest BCUT2D eigenvalue weighted by Gasteiger charge is -2.07. The van der Waals surface area contributed by atoms with Crippen molar-refractivity contribution in [3.63, 3.8) is 0 Å². The van der Waals surface area contributed by atoms with E-state index in [1.54, 1.807) is 6.07 Å². The van der Waals surface area contributed by atoms with Crippen molar-refractivity contribution in [3.05, 3.63) is 63.0 Å². The van der Waals surface area contributed by atoms with Crippen molar-refractivity contribution < 1.29 is 14.3 Å². The summed E-state index contributed by atoms with van der Waals surface area (Å²) in [5.74, 6) is -1.97. The number of carboxylic acid groups (broad SMARTS) is 1. The number of nitrogens with one attached hydrogen (secondary N) is 1. The molecule has 0 unspecified atom stereocenters. The van der Waals surface area contributed by atoms with Gasteiger partial charge in [0.15, 0.2) is 0 Å². The summed E-state index contributed by atoms with van der Waals surface area (Å²) in [6, 6.07) is 11.9. The number of carboxylic acids is 1. The van der Waals surface area contributed by atoms with Gasteiger partial charge in [-0.05, 0) is 58.5 Å². The van der Waals surface area contributed by atoms with Gasteiger partial charge in [-0.25, -0.2) is 9.18 Å².